The highest BCUT2D eigenvalue weighted by atomic mass is 19.2. The summed E-state index contributed by atoms with van der Waals surface area (Å²) in [6, 6.07) is 1.90. The number of carboxylic acids is 1. The van der Waals surface area contributed by atoms with Crippen LogP contribution in [0.2, 0.25) is 0 Å². The first-order chi connectivity index (χ1) is 6.07. The summed E-state index contributed by atoms with van der Waals surface area (Å²) in [6.45, 7) is 0. The Morgan fingerprint density at radius 3 is 2.46 bits per heavy atom. The summed E-state index contributed by atoms with van der Waals surface area (Å²) in [5.74, 6) is -4.91. The monoisotopic (exact) mass is 187 g/mol. The Labute approximate surface area is 72.6 Å². The molecule has 13 heavy (non-hydrogen) atoms. The molecule has 0 radical (unpaired) electrons. The molecule has 0 saturated carbocycles. The van der Waals surface area contributed by atoms with E-state index >= 15 is 0 Å². The number of hydrogen-bond donors (Lipinski definition) is 0. The average molecular weight is 187 g/mol. The molecule has 0 fully saturated rings. The third-order valence-electron chi connectivity index (χ3n) is 1.49. The maximum Gasteiger partial charge on any atom is 0.201 e. The fraction of sp³-hybridized carbons (Fsp3) is 0.125. The van der Waals surface area contributed by atoms with Crippen LogP contribution in [0.4, 0.5) is 8.78 Å². The number of carbonyl (C=O) groups is 1. The van der Waals surface area contributed by atoms with E-state index < -0.39 is 23.2 Å². The Morgan fingerprint density at radius 2 is 2.00 bits per heavy atom. The van der Waals surface area contributed by atoms with E-state index in [1.165, 1.54) is 0 Å². The van der Waals surface area contributed by atoms with Gasteiger partial charge in [0.25, 0.3) is 0 Å². The number of ether oxygens (including phenoxy) is 1. The van der Waals surface area contributed by atoms with Crippen molar-refractivity contribution in [2.24, 2.45) is 0 Å². The van der Waals surface area contributed by atoms with Crippen LogP contribution >= 0.6 is 0 Å². The Bertz CT molecular complexity index is 349. The second kappa shape index (κ2) is 3.38. The van der Waals surface area contributed by atoms with Crippen molar-refractivity contribution in [3.05, 3.63) is 29.3 Å². The predicted molar refractivity (Wildman–Crippen MR) is 37.2 cm³/mol. The van der Waals surface area contributed by atoms with Gasteiger partial charge in [0, 0.05) is 5.56 Å². The normalized spacial score (nSPS) is 9.77. The number of halogens is 2. The highest BCUT2D eigenvalue weighted by Crippen LogP contribution is 2.21. The second-order valence-corrected chi connectivity index (χ2v) is 2.23. The molecule has 0 aliphatic carbocycles. The number of rotatable bonds is 2. The van der Waals surface area contributed by atoms with Gasteiger partial charge >= 0.3 is 0 Å². The van der Waals surface area contributed by atoms with E-state index in [1.807, 2.05) is 0 Å². The van der Waals surface area contributed by atoms with Gasteiger partial charge in [0.2, 0.25) is 5.82 Å². The maximum atomic E-state index is 12.8. The number of carbonyl (C=O) groups excluding carboxylic acids is 1. The van der Waals surface area contributed by atoms with E-state index in [1.54, 1.807) is 0 Å². The first-order valence-electron chi connectivity index (χ1n) is 3.31. The van der Waals surface area contributed by atoms with Gasteiger partial charge in [0.1, 0.15) is 0 Å². The van der Waals surface area contributed by atoms with Gasteiger partial charge in [0.05, 0.1) is 13.1 Å². The van der Waals surface area contributed by atoms with E-state index in [4.69, 9.17) is 0 Å². The molecule has 0 heterocycles. The van der Waals surface area contributed by atoms with Crippen LogP contribution in [0.15, 0.2) is 12.1 Å². The Morgan fingerprint density at radius 1 is 1.38 bits per heavy atom. The number of benzene rings is 1. The molecule has 0 aliphatic rings. The van der Waals surface area contributed by atoms with Crippen LogP contribution in [0.1, 0.15) is 10.4 Å². The summed E-state index contributed by atoms with van der Waals surface area (Å²) in [7, 11) is 1.15. The Kier molecular flexibility index (Phi) is 2.46. The fourth-order valence-corrected chi connectivity index (χ4v) is 0.847. The summed E-state index contributed by atoms with van der Waals surface area (Å²) in [6.07, 6.45) is 0. The van der Waals surface area contributed by atoms with Crippen LogP contribution in [0.3, 0.4) is 0 Å². The van der Waals surface area contributed by atoms with Crippen molar-refractivity contribution in [2.45, 2.75) is 0 Å². The fourth-order valence-electron chi connectivity index (χ4n) is 0.847. The minimum absolute atomic E-state index is 0.345. The molecule has 3 nitrogen and oxygen atoms in total. The molecule has 0 saturated heterocycles. The third kappa shape index (κ3) is 1.58. The molecule has 0 aromatic heterocycles. The largest absolute Gasteiger partial charge is 0.545 e. The predicted octanol–water partition coefficient (Wildman–Crippen LogP) is 0.337. The quantitative estimate of drug-likeness (QED) is 0.670. The van der Waals surface area contributed by atoms with Crippen molar-refractivity contribution in [3.8, 4) is 5.75 Å². The van der Waals surface area contributed by atoms with Crippen molar-refractivity contribution in [2.75, 3.05) is 7.11 Å². The Balaban J connectivity index is 3.31. The van der Waals surface area contributed by atoms with Crippen LogP contribution in [-0.2, 0) is 0 Å². The summed E-state index contributed by atoms with van der Waals surface area (Å²) >= 11 is 0. The number of methoxy groups -OCH3 is 1. The van der Waals surface area contributed by atoms with Crippen LogP contribution in [0, 0.1) is 11.6 Å². The molecule has 0 N–H and O–H groups in total. The lowest BCUT2D eigenvalue weighted by Crippen LogP contribution is -2.24. The molecule has 0 amide bonds. The molecular formula is C8H5F2O3-. The first-order valence-corrected chi connectivity index (χ1v) is 3.31. The van der Waals surface area contributed by atoms with Gasteiger partial charge in [-0.2, -0.15) is 4.39 Å². The lowest BCUT2D eigenvalue weighted by Gasteiger charge is -2.07. The highest BCUT2D eigenvalue weighted by Gasteiger charge is 2.13. The number of carboxylic acid groups (broad SMARTS) is 1. The molecule has 5 heteroatoms. The zero-order chi connectivity index (χ0) is 10.0. The van der Waals surface area contributed by atoms with Gasteiger partial charge in [-0.05, 0) is 12.1 Å². The molecule has 0 unspecified atom stereocenters. The van der Waals surface area contributed by atoms with E-state index in [9.17, 15) is 18.7 Å². The highest BCUT2D eigenvalue weighted by molar-refractivity contribution is 5.86. The van der Waals surface area contributed by atoms with Crippen molar-refractivity contribution in [3.63, 3.8) is 0 Å². The molecule has 1 aromatic rings. The Hall–Kier alpha value is -1.65. The van der Waals surface area contributed by atoms with Crippen molar-refractivity contribution in [1.29, 1.82) is 0 Å². The maximum absolute atomic E-state index is 12.8. The number of aromatic carboxylic acids is 1. The zero-order valence-corrected chi connectivity index (χ0v) is 6.64. The average Bonchev–Trinajstić information content (AvgIpc) is 2.09. The van der Waals surface area contributed by atoms with Gasteiger partial charge in [-0.3, -0.25) is 0 Å². The SMILES string of the molecule is COc1ccc(C(=O)[O-])c(F)c1F. The molecule has 0 bridgehead atoms. The van der Waals surface area contributed by atoms with Crippen LogP contribution in [0.25, 0.3) is 0 Å². The van der Waals surface area contributed by atoms with Crippen molar-refractivity contribution >= 4 is 5.97 Å². The molecule has 1 rings (SSSR count). The summed E-state index contributed by atoms with van der Waals surface area (Å²) < 4.78 is 30.1. The van der Waals surface area contributed by atoms with Gasteiger partial charge in [-0.1, -0.05) is 0 Å². The van der Waals surface area contributed by atoms with E-state index in [-0.39, 0.29) is 5.75 Å². The van der Waals surface area contributed by atoms with Crippen molar-refractivity contribution < 1.29 is 23.4 Å². The first kappa shape index (κ1) is 9.44. The molecule has 0 aliphatic heterocycles. The van der Waals surface area contributed by atoms with Crippen LogP contribution in [-0.4, -0.2) is 13.1 Å². The smallest absolute Gasteiger partial charge is 0.201 e. The van der Waals surface area contributed by atoms with Crippen LogP contribution in [0.5, 0.6) is 5.75 Å². The van der Waals surface area contributed by atoms with Gasteiger partial charge in [-0.15, -0.1) is 0 Å². The number of hydrogen-bond acceptors (Lipinski definition) is 3. The van der Waals surface area contributed by atoms with E-state index in [0.717, 1.165) is 19.2 Å². The van der Waals surface area contributed by atoms with Crippen LogP contribution < -0.4 is 9.84 Å². The van der Waals surface area contributed by atoms with E-state index in [0.29, 0.717) is 0 Å². The van der Waals surface area contributed by atoms with Crippen molar-refractivity contribution in [1.82, 2.24) is 0 Å². The standard InChI is InChI=1S/C8H6F2O3/c1-13-5-3-2-4(8(11)12)6(9)7(5)10/h2-3H,1H3,(H,11,12)/p-1. The lowest BCUT2D eigenvalue weighted by atomic mass is 10.2. The summed E-state index contributed by atoms with van der Waals surface area (Å²) in [5.41, 5.74) is -0.821. The molecule has 70 valence electrons. The lowest BCUT2D eigenvalue weighted by molar-refractivity contribution is -0.255. The minimum atomic E-state index is -1.76. The molecule has 0 spiro atoms. The second-order valence-electron chi connectivity index (χ2n) is 2.23. The molecule has 1 aromatic carbocycles. The molecule has 0 atom stereocenters. The van der Waals surface area contributed by atoms with Gasteiger partial charge in [0.15, 0.2) is 11.6 Å². The zero-order valence-electron chi connectivity index (χ0n) is 6.64. The molecular weight excluding hydrogens is 182 g/mol. The van der Waals surface area contributed by atoms with E-state index in [2.05, 4.69) is 4.74 Å². The topological polar surface area (TPSA) is 49.4 Å². The van der Waals surface area contributed by atoms with Gasteiger partial charge in [-0.25, -0.2) is 4.39 Å². The minimum Gasteiger partial charge on any atom is -0.545 e. The van der Waals surface area contributed by atoms with Gasteiger partial charge < -0.3 is 14.6 Å². The third-order valence-corrected chi connectivity index (χ3v) is 1.49. The summed E-state index contributed by atoms with van der Waals surface area (Å²) in [4.78, 5) is 10.2. The summed E-state index contributed by atoms with van der Waals surface area (Å²) in [5, 5.41) is 10.2.